The Morgan fingerprint density at radius 1 is 1.29 bits per heavy atom. The molecular weight excluding hydrogens is 280 g/mol. The third-order valence-electron chi connectivity index (χ3n) is 3.00. The Kier molecular flexibility index (Phi) is 4.97. The predicted octanol–water partition coefficient (Wildman–Crippen LogP) is 2.40. The van der Waals surface area contributed by atoms with Crippen LogP contribution in [0.2, 0.25) is 0 Å². The number of carbonyl (C=O) groups is 1. The molecule has 0 atom stereocenters. The van der Waals surface area contributed by atoms with Crippen molar-refractivity contribution in [1.82, 2.24) is 15.0 Å². The van der Waals surface area contributed by atoms with Gasteiger partial charge in [-0.15, -0.1) is 5.10 Å². The van der Waals surface area contributed by atoms with Crippen molar-refractivity contribution in [2.75, 3.05) is 0 Å². The zero-order valence-electron chi connectivity index (χ0n) is 11.3. The zero-order valence-corrected chi connectivity index (χ0v) is 11.3. The maximum atomic E-state index is 13.5. The molecule has 0 amide bonds. The van der Waals surface area contributed by atoms with E-state index >= 15 is 0 Å². The molecule has 0 aliphatic heterocycles. The van der Waals surface area contributed by atoms with Gasteiger partial charge in [-0.3, -0.25) is 4.79 Å². The largest absolute Gasteiger partial charge is 0.481 e. The summed E-state index contributed by atoms with van der Waals surface area (Å²) in [6.07, 6.45) is 3.66. The van der Waals surface area contributed by atoms with Crippen molar-refractivity contribution in [3.8, 4) is 0 Å². The fourth-order valence-electron chi connectivity index (χ4n) is 1.95. The van der Waals surface area contributed by atoms with E-state index in [0.717, 1.165) is 18.2 Å². The first kappa shape index (κ1) is 15.1. The summed E-state index contributed by atoms with van der Waals surface area (Å²) < 4.78 is 28.0. The number of benzene rings is 1. The Balaban J connectivity index is 1.91. The monoisotopic (exact) mass is 295 g/mol. The Morgan fingerprint density at radius 3 is 2.86 bits per heavy atom. The molecule has 7 heteroatoms. The molecule has 0 aliphatic rings. The van der Waals surface area contributed by atoms with E-state index in [0.29, 0.717) is 25.0 Å². The third kappa shape index (κ3) is 4.62. The van der Waals surface area contributed by atoms with Gasteiger partial charge in [-0.1, -0.05) is 5.21 Å². The Morgan fingerprint density at radius 2 is 2.10 bits per heavy atom. The van der Waals surface area contributed by atoms with Gasteiger partial charge in [0.15, 0.2) is 0 Å². The molecule has 1 aromatic heterocycles. The maximum Gasteiger partial charge on any atom is 0.303 e. The van der Waals surface area contributed by atoms with E-state index in [-0.39, 0.29) is 18.5 Å². The van der Waals surface area contributed by atoms with Crippen LogP contribution in [0, 0.1) is 11.6 Å². The van der Waals surface area contributed by atoms with Crippen molar-refractivity contribution in [3.63, 3.8) is 0 Å². The zero-order chi connectivity index (χ0) is 15.2. The summed E-state index contributed by atoms with van der Waals surface area (Å²) in [5.41, 5.74) is 0.912. The van der Waals surface area contributed by atoms with E-state index < -0.39 is 17.6 Å². The highest BCUT2D eigenvalue weighted by Gasteiger charge is 2.07. The molecule has 0 aliphatic carbocycles. The molecule has 112 valence electrons. The van der Waals surface area contributed by atoms with Gasteiger partial charge in [-0.25, -0.2) is 13.5 Å². The average Bonchev–Trinajstić information content (AvgIpc) is 2.86. The third-order valence-corrected chi connectivity index (χ3v) is 3.00. The SMILES string of the molecule is O=C(O)CCCCc1cn(Cc2cc(F)ccc2F)nn1. The molecule has 0 saturated heterocycles. The Bertz CT molecular complexity index is 628. The molecule has 0 bridgehead atoms. The van der Waals surface area contributed by atoms with Crippen molar-refractivity contribution in [2.45, 2.75) is 32.2 Å². The Hall–Kier alpha value is -2.31. The van der Waals surface area contributed by atoms with Crippen LogP contribution in [0.1, 0.15) is 30.5 Å². The number of carboxylic acids is 1. The number of carboxylic acid groups (broad SMARTS) is 1. The van der Waals surface area contributed by atoms with Crippen molar-refractivity contribution < 1.29 is 18.7 Å². The molecule has 0 fully saturated rings. The molecule has 2 aromatic rings. The Labute approximate surface area is 120 Å². The summed E-state index contributed by atoms with van der Waals surface area (Å²) in [6.45, 7) is 0.103. The lowest BCUT2D eigenvalue weighted by Crippen LogP contribution is -2.03. The number of halogens is 2. The summed E-state index contributed by atoms with van der Waals surface area (Å²) in [6, 6.07) is 3.27. The smallest absolute Gasteiger partial charge is 0.303 e. The minimum absolute atomic E-state index is 0.103. The molecule has 0 saturated carbocycles. The molecule has 0 radical (unpaired) electrons. The molecule has 1 aromatic carbocycles. The van der Waals surface area contributed by atoms with Crippen LogP contribution in [0.25, 0.3) is 0 Å². The van der Waals surface area contributed by atoms with Crippen molar-refractivity contribution in [2.24, 2.45) is 0 Å². The van der Waals surface area contributed by atoms with Crippen LogP contribution in [0.4, 0.5) is 8.78 Å². The van der Waals surface area contributed by atoms with Gasteiger partial charge < -0.3 is 5.11 Å². The first-order valence-electron chi connectivity index (χ1n) is 6.59. The van der Waals surface area contributed by atoms with Crippen molar-refractivity contribution in [1.29, 1.82) is 0 Å². The first-order valence-corrected chi connectivity index (χ1v) is 6.59. The average molecular weight is 295 g/mol. The van der Waals surface area contributed by atoms with Gasteiger partial charge in [0.2, 0.25) is 0 Å². The van der Waals surface area contributed by atoms with Crippen LogP contribution in [-0.2, 0) is 17.8 Å². The van der Waals surface area contributed by atoms with E-state index in [1.165, 1.54) is 4.68 Å². The number of unbranched alkanes of at least 4 members (excludes halogenated alkanes) is 1. The second kappa shape index (κ2) is 6.92. The van der Waals surface area contributed by atoms with E-state index in [1.54, 1.807) is 6.20 Å². The van der Waals surface area contributed by atoms with Crippen LogP contribution < -0.4 is 0 Å². The lowest BCUT2D eigenvalue weighted by molar-refractivity contribution is -0.137. The van der Waals surface area contributed by atoms with Gasteiger partial charge in [0.25, 0.3) is 0 Å². The number of hydrogen-bond donors (Lipinski definition) is 1. The van der Waals surface area contributed by atoms with Crippen LogP contribution >= 0.6 is 0 Å². The molecule has 1 N–H and O–H groups in total. The number of nitrogens with zero attached hydrogens (tertiary/aromatic N) is 3. The highest BCUT2D eigenvalue weighted by Crippen LogP contribution is 2.11. The van der Waals surface area contributed by atoms with Crippen molar-refractivity contribution in [3.05, 3.63) is 47.3 Å². The van der Waals surface area contributed by atoms with Crippen LogP contribution in [0.15, 0.2) is 24.4 Å². The quantitative estimate of drug-likeness (QED) is 0.796. The molecule has 2 rings (SSSR count). The van der Waals surface area contributed by atoms with Gasteiger partial charge >= 0.3 is 5.97 Å². The maximum absolute atomic E-state index is 13.5. The fraction of sp³-hybridized carbons (Fsp3) is 0.357. The van der Waals surface area contributed by atoms with E-state index in [9.17, 15) is 13.6 Å². The molecule has 0 spiro atoms. The fourth-order valence-corrected chi connectivity index (χ4v) is 1.95. The van der Waals surface area contributed by atoms with Crippen LogP contribution in [-0.4, -0.2) is 26.1 Å². The van der Waals surface area contributed by atoms with Gasteiger partial charge in [-0.2, -0.15) is 0 Å². The number of rotatable bonds is 7. The predicted molar refractivity (Wildman–Crippen MR) is 70.7 cm³/mol. The molecule has 5 nitrogen and oxygen atoms in total. The first-order chi connectivity index (χ1) is 10.0. The second-order valence-corrected chi connectivity index (χ2v) is 4.74. The van der Waals surface area contributed by atoms with E-state index in [4.69, 9.17) is 5.11 Å². The summed E-state index contributed by atoms with van der Waals surface area (Å²) >= 11 is 0. The molecule has 1 heterocycles. The normalized spacial score (nSPS) is 10.8. The standard InChI is InChI=1S/C14H15F2N3O2/c15-11-5-6-13(16)10(7-11)8-19-9-12(17-18-19)3-1-2-4-14(20)21/h5-7,9H,1-4,8H2,(H,20,21). The number of aromatic nitrogens is 3. The number of aryl methyl sites for hydroxylation is 1. The van der Waals surface area contributed by atoms with E-state index in [2.05, 4.69) is 10.3 Å². The van der Waals surface area contributed by atoms with Gasteiger partial charge in [0, 0.05) is 18.2 Å². The lowest BCUT2D eigenvalue weighted by atomic mass is 10.1. The topological polar surface area (TPSA) is 68.0 Å². The highest BCUT2D eigenvalue weighted by molar-refractivity contribution is 5.66. The number of hydrogen-bond acceptors (Lipinski definition) is 3. The summed E-state index contributed by atoms with van der Waals surface area (Å²) in [4.78, 5) is 10.4. The van der Waals surface area contributed by atoms with Crippen LogP contribution in [0.3, 0.4) is 0 Å². The van der Waals surface area contributed by atoms with Gasteiger partial charge in [0.1, 0.15) is 11.6 Å². The molecular formula is C14H15F2N3O2. The second-order valence-electron chi connectivity index (χ2n) is 4.74. The summed E-state index contributed by atoms with van der Waals surface area (Å²) in [7, 11) is 0. The summed E-state index contributed by atoms with van der Waals surface area (Å²) in [5.74, 6) is -1.81. The highest BCUT2D eigenvalue weighted by atomic mass is 19.1. The number of aliphatic carboxylic acids is 1. The van der Waals surface area contributed by atoms with Crippen LogP contribution in [0.5, 0.6) is 0 Å². The van der Waals surface area contributed by atoms with E-state index in [1.807, 2.05) is 0 Å². The minimum Gasteiger partial charge on any atom is -0.481 e. The minimum atomic E-state index is -0.819. The van der Waals surface area contributed by atoms with Gasteiger partial charge in [0.05, 0.1) is 12.2 Å². The summed E-state index contributed by atoms with van der Waals surface area (Å²) in [5, 5.41) is 16.3. The van der Waals surface area contributed by atoms with Crippen molar-refractivity contribution >= 4 is 5.97 Å². The van der Waals surface area contributed by atoms with Gasteiger partial charge in [-0.05, 0) is 37.5 Å². The molecule has 0 unspecified atom stereocenters. The molecule has 21 heavy (non-hydrogen) atoms. The lowest BCUT2D eigenvalue weighted by Gasteiger charge is -2.02.